The van der Waals surface area contributed by atoms with Gasteiger partial charge in [-0.1, -0.05) is 0 Å². The lowest BCUT2D eigenvalue weighted by Gasteiger charge is -2.33. The lowest BCUT2D eigenvalue weighted by molar-refractivity contribution is 0.173. The van der Waals surface area contributed by atoms with Crippen molar-refractivity contribution in [3.63, 3.8) is 0 Å². The van der Waals surface area contributed by atoms with Crippen LogP contribution in [0.25, 0.3) is 0 Å². The van der Waals surface area contributed by atoms with Gasteiger partial charge in [-0.15, -0.1) is 11.3 Å². The normalized spacial score (nSPS) is 18.6. The summed E-state index contributed by atoms with van der Waals surface area (Å²) in [6.45, 7) is 2.88. The van der Waals surface area contributed by atoms with Crippen molar-refractivity contribution in [1.29, 1.82) is 5.26 Å². The average Bonchev–Trinajstić information content (AvgIpc) is 3.07. The Bertz CT molecular complexity index is 434. The third-order valence-corrected chi connectivity index (χ3v) is 5.00. The minimum atomic E-state index is 0.0786. The number of hydrogen-bond donors (Lipinski definition) is 1. The summed E-state index contributed by atoms with van der Waals surface area (Å²) in [6.07, 6.45) is 3.05. The summed E-state index contributed by atoms with van der Waals surface area (Å²) in [5.41, 5.74) is 6.18. The van der Waals surface area contributed by atoms with E-state index in [0.717, 1.165) is 11.0 Å². The summed E-state index contributed by atoms with van der Waals surface area (Å²) < 4.78 is 1.11. The van der Waals surface area contributed by atoms with Crippen LogP contribution in [0.15, 0.2) is 15.9 Å². The average molecular weight is 328 g/mol. The van der Waals surface area contributed by atoms with Gasteiger partial charge in [0.2, 0.25) is 0 Å². The molecule has 1 aliphatic rings. The van der Waals surface area contributed by atoms with E-state index in [9.17, 15) is 0 Å². The van der Waals surface area contributed by atoms with E-state index in [2.05, 4.69) is 45.3 Å². The van der Waals surface area contributed by atoms with Gasteiger partial charge >= 0.3 is 0 Å². The topological polar surface area (TPSA) is 53.0 Å². The number of nitrogens with zero attached hydrogens (tertiary/aromatic N) is 2. The van der Waals surface area contributed by atoms with Gasteiger partial charge in [-0.25, -0.2) is 0 Å². The van der Waals surface area contributed by atoms with Crippen LogP contribution in [0.1, 0.15) is 37.1 Å². The molecule has 18 heavy (non-hydrogen) atoms. The minimum Gasteiger partial charge on any atom is -0.326 e. The standard InChI is InChI=1S/C13H18BrN3S/c1-9(16)13(12-7-10(14)8-18-12)17(6-2-5-15)11-3-4-11/h7-9,11,13H,2-4,6,16H2,1H3. The van der Waals surface area contributed by atoms with E-state index >= 15 is 0 Å². The SMILES string of the molecule is CC(N)C(c1cc(Br)cs1)N(CCC#N)C1CC1. The second-order valence-electron chi connectivity index (χ2n) is 4.85. The molecule has 2 N–H and O–H groups in total. The molecule has 0 bridgehead atoms. The first kappa shape index (κ1) is 14.0. The molecular formula is C13H18BrN3S. The Hall–Kier alpha value is -0.410. The van der Waals surface area contributed by atoms with Crippen molar-refractivity contribution in [2.24, 2.45) is 5.73 Å². The molecule has 0 spiro atoms. The highest BCUT2D eigenvalue weighted by Gasteiger charge is 2.36. The lowest BCUT2D eigenvalue weighted by atomic mass is 10.1. The van der Waals surface area contributed by atoms with E-state index in [-0.39, 0.29) is 12.1 Å². The van der Waals surface area contributed by atoms with Crippen LogP contribution in [0.4, 0.5) is 0 Å². The van der Waals surface area contributed by atoms with Crippen LogP contribution in [0.2, 0.25) is 0 Å². The van der Waals surface area contributed by atoms with E-state index in [1.54, 1.807) is 11.3 Å². The Kier molecular flexibility index (Phi) is 4.79. The summed E-state index contributed by atoms with van der Waals surface area (Å²) in [6, 6.07) is 5.33. The van der Waals surface area contributed by atoms with Gasteiger partial charge in [0.15, 0.2) is 0 Å². The van der Waals surface area contributed by atoms with Crippen molar-refractivity contribution >= 4 is 27.3 Å². The summed E-state index contributed by atoms with van der Waals surface area (Å²) in [5.74, 6) is 0. The Morgan fingerprint density at radius 2 is 2.39 bits per heavy atom. The van der Waals surface area contributed by atoms with Crippen molar-refractivity contribution in [3.8, 4) is 6.07 Å². The van der Waals surface area contributed by atoms with E-state index in [4.69, 9.17) is 11.0 Å². The predicted molar refractivity (Wildman–Crippen MR) is 78.4 cm³/mol. The van der Waals surface area contributed by atoms with Crippen molar-refractivity contribution in [2.45, 2.75) is 44.3 Å². The Labute approximate surface area is 121 Å². The van der Waals surface area contributed by atoms with Crippen LogP contribution >= 0.6 is 27.3 Å². The maximum absolute atomic E-state index is 8.80. The summed E-state index contributed by atoms with van der Waals surface area (Å²) in [7, 11) is 0. The molecule has 2 rings (SSSR count). The van der Waals surface area contributed by atoms with E-state index in [0.29, 0.717) is 12.5 Å². The zero-order valence-corrected chi connectivity index (χ0v) is 12.9. The van der Waals surface area contributed by atoms with Gasteiger partial charge in [0, 0.05) is 39.8 Å². The van der Waals surface area contributed by atoms with Crippen molar-refractivity contribution in [1.82, 2.24) is 4.90 Å². The first-order valence-corrected chi connectivity index (χ1v) is 7.93. The number of hydrogen-bond acceptors (Lipinski definition) is 4. The minimum absolute atomic E-state index is 0.0786. The zero-order valence-electron chi connectivity index (χ0n) is 10.5. The van der Waals surface area contributed by atoms with Crippen molar-refractivity contribution in [3.05, 3.63) is 20.8 Å². The molecule has 1 aromatic heterocycles. The highest BCUT2D eigenvalue weighted by molar-refractivity contribution is 9.10. The van der Waals surface area contributed by atoms with Crippen LogP contribution in [-0.4, -0.2) is 23.5 Å². The Morgan fingerprint density at radius 3 is 2.83 bits per heavy atom. The number of halogens is 1. The van der Waals surface area contributed by atoms with E-state index in [1.165, 1.54) is 17.7 Å². The molecule has 0 aliphatic heterocycles. The molecule has 1 aliphatic carbocycles. The maximum Gasteiger partial charge on any atom is 0.0635 e. The van der Waals surface area contributed by atoms with Crippen LogP contribution in [0.5, 0.6) is 0 Å². The molecule has 1 aromatic rings. The third-order valence-electron chi connectivity index (χ3n) is 3.23. The van der Waals surface area contributed by atoms with Gasteiger partial charge in [-0.05, 0) is 41.8 Å². The second-order valence-corrected chi connectivity index (χ2v) is 6.71. The van der Waals surface area contributed by atoms with Gasteiger partial charge in [0.05, 0.1) is 12.1 Å². The van der Waals surface area contributed by atoms with Crippen LogP contribution in [0, 0.1) is 11.3 Å². The summed E-state index contributed by atoms with van der Waals surface area (Å²) >= 11 is 5.24. The molecule has 0 aromatic carbocycles. The number of nitriles is 1. The van der Waals surface area contributed by atoms with E-state index in [1.807, 2.05) is 0 Å². The molecule has 1 fully saturated rings. The number of rotatable bonds is 6. The molecule has 98 valence electrons. The molecular weight excluding hydrogens is 310 g/mol. The quantitative estimate of drug-likeness (QED) is 0.872. The molecule has 1 heterocycles. The number of thiophene rings is 1. The Balaban J connectivity index is 2.19. The molecule has 0 radical (unpaired) electrons. The maximum atomic E-state index is 8.80. The third kappa shape index (κ3) is 3.33. The Morgan fingerprint density at radius 1 is 1.67 bits per heavy atom. The monoisotopic (exact) mass is 327 g/mol. The fourth-order valence-electron chi connectivity index (χ4n) is 2.34. The van der Waals surface area contributed by atoms with Gasteiger partial charge in [-0.3, -0.25) is 4.90 Å². The van der Waals surface area contributed by atoms with Crippen LogP contribution in [-0.2, 0) is 0 Å². The molecule has 5 heteroatoms. The van der Waals surface area contributed by atoms with Crippen LogP contribution < -0.4 is 5.73 Å². The molecule has 3 nitrogen and oxygen atoms in total. The first-order valence-electron chi connectivity index (χ1n) is 6.25. The highest BCUT2D eigenvalue weighted by atomic mass is 79.9. The smallest absolute Gasteiger partial charge is 0.0635 e. The first-order chi connectivity index (χ1) is 8.63. The largest absolute Gasteiger partial charge is 0.326 e. The molecule has 0 amide bonds. The lowest BCUT2D eigenvalue weighted by Crippen LogP contribution is -2.41. The van der Waals surface area contributed by atoms with Crippen molar-refractivity contribution < 1.29 is 0 Å². The second kappa shape index (κ2) is 6.16. The molecule has 2 atom stereocenters. The summed E-state index contributed by atoms with van der Waals surface area (Å²) in [4.78, 5) is 3.72. The number of nitrogens with two attached hydrogens (primary N) is 1. The van der Waals surface area contributed by atoms with Gasteiger partial charge in [0.1, 0.15) is 0 Å². The summed E-state index contributed by atoms with van der Waals surface area (Å²) in [5, 5.41) is 10.9. The van der Waals surface area contributed by atoms with Gasteiger partial charge < -0.3 is 5.73 Å². The predicted octanol–water partition coefficient (Wildman–Crippen LogP) is 3.28. The molecule has 1 saturated carbocycles. The van der Waals surface area contributed by atoms with Crippen LogP contribution in [0.3, 0.4) is 0 Å². The van der Waals surface area contributed by atoms with Gasteiger partial charge in [-0.2, -0.15) is 5.26 Å². The molecule has 0 saturated heterocycles. The van der Waals surface area contributed by atoms with E-state index < -0.39 is 0 Å². The fourth-order valence-corrected chi connectivity index (χ4v) is 4.02. The van der Waals surface area contributed by atoms with Gasteiger partial charge in [0.25, 0.3) is 0 Å². The zero-order chi connectivity index (χ0) is 13.1. The molecule has 2 unspecified atom stereocenters. The fraction of sp³-hybridized carbons (Fsp3) is 0.615. The van der Waals surface area contributed by atoms with Crippen molar-refractivity contribution in [2.75, 3.05) is 6.54 Å². The highest BCUT2D eigenvalue weighted by Crippen LogP contribution is 2.38.